The number of nitro groups is 2. The van der Waals surface area contributed by atoms with E-state index >= 15 is 0 Å². The first kappa shape index (κ1) is 30.7. The number of para-hydroxylation sites is 2. The lowest BCUT2D eigenvalue weighted by atomic mass is 10.1. The van der Waals surface area contributed by atoms with Crippen molar-refractivity contribution >= 4 is 33.4 Å². The molecule has 0 fully saturated rings. The van der Waals surface area contributed by atoms with Crippen molar-refractivity contribution in [3.63, 3.8) is 0 Å². The van der Waals surface area contributed by atoms with Crippen LogP contribution in [0.5, 0.6) is 11.5 Å². The average Bonchev–Trinajstić information content (AvgIpc) is 3.02. The molecule has 220 valence electrons. The summed E-state index contributed by atoms with van der Waals surface area (Å²) in [5, 5.41) is 20.7. The second-order valence-electron chi connectivity index (χ2n) is 9.33. The number of nitrogens with zero attached hydrogens (tertiary/aromatic N) is 2. The maximum atomic E-state index is 14.6. The summed E-state index contributed by atoms with van der Waals surface area (Å²) in [4.78, 5) is 22.2. The van der Waals surface area contributed by atoms with E-state index in [1.807, 2.05) is 0 Å². The quantitative estimate of drug-likeness (QED) is 0.123. The van der Waals surface area contributed by atoms with Gasteiger partial charge in [0.25, 0.3) is 11.4 Å². The van der Waals surface area contributed by atoms with Crippen LogP contribution in [-0.4, -0.2) is 32.5 Å². The molecular formula is C32H28N2O8S. The molecule has 2 atom stereocenters. The number of benzene rings is 4. The Kier molecular flexibility index (Phi) is 9.68. The first-order valence-corrected chi connectivity index (χ1v) is 14.6. The van der Waals surface area contributed by atoms with E-state index < -0.39 is 30.2 Å². The van der Waals surface area contributed by atoms with Gasteiger partial charge in [0.2, 0.25) is 0 Å². The number of ether oxygens (including phenoxy) is 2. The van der Waals surface area contributed by atoms with E-state index in [0.717, 1.165) is 0 Å². The summed E-state index contributed by atoms with van der Waals surface area (Å²) in [6.07, 6.45) is 5.66. The van der Waals surface area contributed by atoms with Crippen LogP contribution < -0.4 is 9.47 Å². The van der Waals surface area contributed by atoms with Crippen molar-refractivity contribution in [2.24, 2.45) is 0 Å². The van der Waals surface area contributed by atoms with Gasteiger partial charge in [-0.2, -0.15) is 0 Å². The van der Waals surface area contributed by atoms with Gasteiger partial charge in [-0.25, -0.2) is 8.42 Å². The van der Waals surface area contributed by atoms with Crippen LogP contribution in [0.25, 0.3) is 12.2 Å². The normalized spacial score (nSPS) is 13.1. The van der Waals surface area contributed by atoms with E-state index in [-0.39, 0.29) is 22.5 Å². The van der Waals surface area contributed by atoms with Gasteiger partial charge < -0.3 is 9.47 Å². The van der Waals surface area contributed by atoms with Gasteiger partial charge in [0, 0.05) is 12.1 Å². The molecule has 0 amide bonds. The number of rotatable bonds is 12. The molecule has 2 unspecified atom stereocenters. The van der Waals surface area contributed by atoms with Crippen LogP contribution in [0.3, 0.4) is 0 Å². The van der Waals surface area contributed by atoms with E-state index in [0.29, 0.717) is 22.6 Å². The Labute approximate surface area is 248 Å². The second kappa shape index (κ2) is 13.6. The number of methoxy groups -OCH3 is 2. The molecule has 11 heteroatoms. The smallest absolute Gasteiger partial charge is 0.276 e. The van der Waals surface area contributed by atoms with E-state index in [4.69, 9.17) is 9.47 Å². The topological polar surface area (TPSA) is 139 Å². The molecule has 43 heavy (non-hydrogen) atoms. The fourth-order valence-electron chi connectivity index (χ4n) is 4.54. The Morgan fingerprint density at radius 2 is 0.953 bits per heavy atom. The Hall–Kier alpha value is -5.29. The zero-order valence-corrected chi connectivity index (χ0v) is 24.1. The van der Waals surface area contributed by atoms with Crippen LogP contribution >= 0.6 is 0 Å². The molecule has 0 saturated carbocycles. The van der Waals surface area contributed by atoms with Crippen LogP contribution in [0.4, 0.5) is 11.4 Å². The molecule has 4 rings (SSSR count). The Morgan fingerprint density at radius 1 is 0.605 bits per heavy atom. The van der Waals surface area contributed by atoms with E-state index in [2.05, 4.69) is 0 Å². The standard InChI is InChI=1S/C32H28N2O8S/c1-41-27-17-11-25(12-18-27)31(21-15-23-7-3-5-9-29(23)33(35)36)43(39,40)32(26-13-19-28(42-2)20-14-26)22-16-24-8-4-6-10-30(24)34(37)38/h3-22,31-32H,1-2H3. The molecule has 0 aromatic heterocycles. The maximum Gasteiger partial charge on any atom is 0.276 e. The van der Waals surface area contributed by atoms with E-state index in [1.54, 1.807) is 60.7 Å². The molecule has 0 bridgehead atoms. The zero-order valence-electron chi connectivity index (χ0n) is 23.3. The van der Waals surface area contributed by atoms with Crippen LogP contribution in [0.1, 0.15) is 32.8 Å². The molecule has 0 spiro atoms. The van der Waals surface area contributed by atoms with Crippen molar-refractivity contribution in [1.82, 2.24) is 0 Å². The van der Waals surface area contributed by atoms with Gasteiger partial charge in [-0.3, -0.25) is 20.2 Å². The highest BCUT2D eigenvalue weighted by Gasteiger charge is 2.34. The molecular weight excluding hydrogens is 572 g/mol. The lowest BCUT2D eigenvalue weighted by molar-refractivity contribution is -0.385. The second-order valence-corrected chi connectivity index (χ2v) is 11.5. The lowest BCUT2D eigenvalue weighted by Crippen LogP contribution is -2.19. The van der Waals surface area contributed by atoms with Crippen LogP contribution in [-0.2, 0) is 9.84 Å². The highest BCUT2D eigenvalue weighted by Crippen LogP contribution is 2.39. The van der Waals surface area contributed by atoms with Crippen molar-refractivity contribution in [3.05, 3.63) is 152 Å². The van der Waals surface area contributed by atoms with Crippen LogP contribution in [0.15, 0.2) is 109 Å². The average molecular weight is 601 g/mol. The third-order valence-electron chi connectivity index (χ3n) is 6.76. The molecule has 0 aliphatic rings. The molecule has 4 aromatic rings. The van der Waals surface area contributed by atoms with Gasteiger partial charge in [-0.1, -0.05) is 72.8 Å². The maximum absolute atomic E-state index is 14.6. The summed E-state index contributed by atoms with van der Waals surface area (Å²) in [7, 11) is -1.23. The highest BCUT2D eigenvalue weighted by atomic mass is 32.2. The molecule has 0 aliphatic heterocycles. The number of hydrogen-bond donors (Lipinski definition) is 0. The van der Waals surface area contributed by atoms with Gasteiger partial charge in [0.15, 0.2) is 9.84 Å². The van der Waals surface area contributed by atoms with Crippen LogP contribution in [0, 0.1) is 20.2 Å². The first-order valence-electron chi connectivity index (χ1n) is 13.0. The van der Waals surface area contributed by atoms with E-state index in [9.17, 15) is 28.6 Å². The number of nitro benzene ring substituents is 2. The van der Waals surface area contributed by atoms with Crippen molar-refractivity contribution < 1.29 is 27.7 Å². The molecule has 0 radical (unpaired) electrons. The largest absolute Gasteiger partial charge is 0.497 e. The van der Waals surface area contributed by atoms with Gasteiger partial charge in [-0.05, 0) is 47.5 Å². The van der Waals surface area contributed by atoms with E-state index in [1.165, 1.54) is 74.9 Å². The predicted octanol–water partition coefficient (Wildman–Crippen LogP) is 7.14. The molecule has 10 nitrogen and oxygen atoms in total. The molecule has 0 N–H and O–H groups in total. The number of sulfone groups is 1. The van der Waals surface area contributed by atoms with Gasteiger partial charge in [-0.15, -0.1) is 0 Å². The van der Waals surface area contributed by atoms with Crippen molar-refractivity contribution in [3.8, 4) is 11.5 Å². The van der Waals surface area contributed by atoms with Gasteiger partial charge in [0.05, 0.1) is 35.2 Å². The summed E-state index contributed by atoms with van der Waals surface area (Å²) < 4.78 is 39.7. The third-order valence-corrected chi connectivity index (χ3v) is 9.04. The minimum absolute atomic E-state index is 0.174. The van der Waals surface area contributed by atoms with Crippen molar-refractivity contribution in [2.45, 2.75) is 10.5 Å². The summed E-state index contributed by atoms with van der Waals surface area (Å²) >= 11 is 0. The summed E-state index contributed by atoms with van der Waals surface area (Å²) in [5.41, 5.74) is 0.914. The lowest BCUT2D eigenvalue weighted by Gasteiger charge is -2.22. The summed E-state index contributed by atoms with van der Waals surface area (Å²) in [6.45, 7) is 0. The molecule has 0 heterocycles. The summed E-state index contributed by atoms with van der Waals surface area (Å²) in [6, 6.07) is 25.0. The Bertz CT molecular complexity index is 1640. The highest BCUT2D eigenvalue weighted by molar-refractivity contribution is 7.92. The fourth-order valence-corrected chi connectivity index (χ4v) is 6.52. The first-order chi connectivity index (χ1) is 20.6. The SMILES string of the molecule is COc1ccc(C(C=Cc2ccccc2[N+](=O)[O-])S(=O)(=O)C(C=Cc2ccccc2[N+](=O)[O-])c2ccc(OC)cc2)cc1. The third kappa shape index (κ3) is 7.14. The Balaban J connectivity index is 1.89. The Morgan fingerprint density at radius 3 is 1.28 bits per heavy atom. The fraction of sp³-hybridized carbons (Fsp3) is 0.125. The molecule has 0 saturated heterocycles. The summed E-state index contributed by atoms with van der Waals surface area (Å²) in [5.74, 6) is 1.04. The van der Waals surface area contributed by atoms with Crippen LogP contribution in [0.2, 0.25) is 0 Å². The van der Waals surface area contributed by atoms with Crippen molar-refractivity contribution in [2.75, 3.05) is 14.2 Å². The minimum atomic E-state index is -4.21. The predicted molar refractivity (Wildman–Crippen MR) is 165 cm³/mol. The molecule has 4 aromatic carbocycles. The van der Waals surface area contributed by atoms with Crippen molar-refractivity contribution in [1.29, 1.82) is 0 Å². The minimum Gasteiger partial charge on any atom is -0.497 e. The zero-order chi connectivity index (χ0) is 31.0. The number of hydrogen-bond acceptors (Lipinski definition) is 8. The monoisotopic (exact) mass is 600 g/mol. The van der Waals surface area contributed by atoms with Gasteiger partial charge in [0.1, 0.15) is 22.0 Å². The molecule has 0 aliphatic carbocycles. The van der Waals surface area contributed by atoms with Gasteiger partial charge >= 0.3 is 0 Å².